The molecule has 2 amide bonds. The Morgan fingerprint density at radius 3 is 2.48 bits per heavy atom. The highest BCUT2D eigenvalue weighted by Crippen LogP contribution is 2.18. The molecule has 0 atom stereocenters. The van der Waals surface area contributed by atoms with Crippen molar-refractivity contribution in [1.82, 2.24) is 19.4 Å². The van der Waals surface area contributed by atoms with Crippen LogP contribution in [0.1, 0.15) is 22.3 Å². The van der Waals surface area contributed by atoms with Gasteiger partial charge in [-0.1, -0.05) is 6.07 Å². The first kappa shape index (κ1) is 21.3. The summed E-state index contributed by atoms with van der Waals surface area (Å²) in [4.78, 5) is 30.3. The van der Waals surface area contributed by atoms with E-state index in [-0.39, 0.29) is 16.7 Å². The average molecular weight is 397 g/mol. The molecular formula is C18H28N4O4S. The molecule has 1 aliphatic heterocycles. The molecule has 1 fully saturated rings. The fourth-order valence-electron chi connectivity index (χ4n) is 2.95. The zero-order valence-electron chi connectivity index (χ0n) is 16.4. The topological polar surface area (TPSA) is 90.0 Å². The summed E-state index contributed by atoms with van der Waals surface area (Å²) in [6, 6.07) is 4.58. The summed E-state index contributed by atoms with van der Waals surface area (Å²) in [6.45, 7) is 4.57. The molecule has 1 aliphatic rings. The van der Waals surface area contributed by atoms with Crippen LogP contribution in [0.15, 0.2) is 23.1 Å². The third-order valence-corrected chi connectivity index (χ3v) is 6.16. The Morgan fingerprint density at radius 1 is 1.15 bits per heavy atom. The minimum absolute atomic E-state index is 0.0376. The van der Waals surface area contributed by atoms with Crippen molar-refractivity contribution in [2.75, 3.05) is 53.9 Å². The van der Waals surface area contributed by atoms with Crippen molar-refractivity contribution in [2.24, 2.45) is 0 Å². The Balaban J connectivity index is 2.14. The average Bonchev–Trinajstić information content (AvgIpc) is 2.86. The summed E-state index contributed by atoms with van der Waals surface area (Å²) in [5, 5.41) is 0. The molecule has 0 bridgehead atoms. The molecule has 1 aromatic rings. The van der Waals surface area contributed by atoms with Gasteiger partial charge < -0.3 is 9.80 Å². The monoisotopic (exact) mass is 396 g/mol. The second kappa shape index (κ2) is 8.81. The number of rotatable bonds is 5. The van der Waals surface area contributed by atoms with E-state index in [9.17, 15) is 18.0 Å². The van der Waals surface area contributed by atoms with Gasteiger partial charge in [-0.3, -0.25) is 14.5 Å². The lowest BCUT2D eigenvalue weighted by molar-refractivity contribution is -0.129. The molecule has 150 valence electrons. The summed E-state index contributed by atoms with van der Waals surface area (Å²) < 4.78 is 26.4. The van der Waals surface area contributed by atoms with Crippen molar-refractivity contribution in [2.45, 2.75) is 18.2 Å². The third kappa shape index (κ3) is 5.27. The Labute approximate surface area is 161 Å². The molecule has 0 aromatic heterocycles. The number of sulfonamides is 1. The van der Waals surface area contributed by atoms with Gasteiger partial charge in [0.1, 0.15) is 0 Å². The first-order valence-corrected chi connectivity index (χ1v) is 10.4. The van der Waals surface area contributed by atoms with Gasteiger partial charge >= 0.3 is 0 Å². The van der Waals surface area contributed by atoms with E-state index < -0.39 is 10.0 Å². The van der Waals surface area contributed by atoms with Crippen LogP contribution in [-0.2, 0) is 14.8 Å². The normalized spacial score (nSPS) is 16.1. The second-order valence-corrected chi connectivity index (χ2v) is 8.78. The van der Waals surface area contributed by atoms with Gasteiger partial charge in [0.15, 0.2) is 0 Å². The lowest BCUT2D eigenvalue weighted by Crippen LogP contribution is -2.39. The number of hydrogen-bond donors (Lipinski definition) is 1. The molecule has 27 heavy (non-hydrogen) atoms. The van der Waals surface area contributed by atoms with Gasteiger partial charge in [-0.15, -0.1) is 0 Å². The molecule has 1 N–H and O–H groups in total. The smallest absolute Gasteiger partial charge is 0.254 e. The molecule has 0 radical (unpaired) electrons. The maximum absolute atomic E-state index is 13.0. The molecule has 0 unspecified atom stereocenters. The van der Waals surface area contributed by atoms with Gasteiger partial charge in [0.05, 0.1) is 11.4 Å². The number of carbonyl (C=O) groups is 2. The highest BCUT2D eigenvalue weighted by atomic mass is 32.2. The molecule has 1 aromatic carbocycles. The summed E-state index contributed by atoms with van der Waals surface area (Å²) >= 11 is 0. The lowest BCUT2D eigenvalue weighted by atomic mass is 10.1. The number of aryl methyl sites for hydroxylation is 1. The molecule has 0 aliphatic carbocycles. The summed E-state index contributed by atoms with van der Waals surface area (Å²) in [5.74, 6) is -0.142. The molecule has 8 nitrogen and oxygen atoms in total. The third-order valence-electron chi connectivity index (χ3n) is 4.75. The zero-order chi connectivity index (χ0) is 20.2. The highest BCUT2D eigenvalue weighted by Gasteiger charge is 2.24. The van der Waals surface area contributed by atoms with Gasteiger partial charge in [-0.25, -0.2) is 13.1 Å². The largest absolute Gasteiger partial charge is 0.348 e. The van der Waals surface area contributed by atoms with Crippen LogP contribution in [0.25, 0.3) is 0 Å². The van der Waals surface area contributed by atoms with Crippen LogP contribution in [0.5, 0.6) is 0 Å². The molecule has 1 saturated heterocycles. The number of benzene rings is 1. The van der Waals surface area contributed by atoms with E-state index in [1.807, 2.05) is 4.90 Å². The maximum atomic E-state index is 13.0. The van der Waals surface area contributed by atoms with E-state index in [1.54, 1.807) is 36.9 Å². The van der Waals surface area contributed by atoms with Crippen molar-refractivity contribution in [3.63, 3.8) is 0 Å². The van der Waals surface area contributed by atoms with E-state index in [4.69, 9.17) is 0 Å². The second-order valence-electron chi connectivity index (χ2n) is 6.89. The molecule has 0 spiro atoms. The van der Waals surface area contributed by atoms with Crippen molar-refractivity contribution in [3.8, 4) is 0 Å². The van der Waals surface area contributed by atoms with Gasteiger partial charge in [0.2, 0.25) is 15.9 Å². The van der Waals surface area contributed by atoms with E-state index in [2.05, 4.69) is 4.72 Å². The Kier molecular flexibility index (Phi) is 6.96. The predicted octanol–water partition coefficient (Wildman–Crippen LogP) is 0.139. The molecule has 0 saturated carbocycles. The van der Waals surface area contributed by atoms with Crippen molar-refractivity contribution in [1.29, 1.82) is 0 Å². The molecule has 2 rings (SSSR count). The minimum Gasteiger partial charge on any atom is -0.348 e. The number of carbonyl (C=O) groups excluding carboxylic acids is 2. The Morgan fingerprint density at radius 2 is 1.85 bits per heavy atom. The Hall–Kier alpha value is -1.97. The van der Waals surface area contributed by atoms with Crippen LogP contribution < -0.4 is 4.72 Å². The van der Waals surface area contributed by atoms with Crippen LogP contribution in [-0.4, -0.2) is 88.8 Å². The summed E-state index contributed by atoms with van der Waals surface area (Å²) in [5.41, 5.74) is 1.13. The van der Waals surface area contributed by atoms with Crippen molar-refractivity contribution < 1.29 is 18.0 Å². The number of nitrogens with zero attached hydrogens (tertiary/aromatic N) is 3. The molecule has 1 heterocycles. The van der Waals surface area contributed by atoms with E-state index >= 15 is 0 Å². The van der Waals surface area contributed by atoms with Gasteiger partial charge in [0.25, 0.3) is 5.91 Å². The van der Waals surface area contributed by atoms with Crippen LogP contribution >= 0.6 is 0 Å². The number of nitrogens with one attached hydrogen (secondary N) is 1. The fourth-order valence-corrected chi connectivity index (χ4v) is 3.71. The zero-order valence-corrected chi connectivity index (χ0v) is 17.2. The number of amides is 2. The lowest BCUT2D eigenvalue weighted by Gasteiger charge is -2.23. The summed E-state index contributed by atoms with van der Waals surface area (Å²) in [6.07, 6.45) is 0.764. The van der Waals surface area contributed by atoms with Crippen LogP contribution in [0.4, 0.5) is 0 Å². The van der Waals surface area contributed by atoms with Crippen molar-refractivity contribution >= 4 is 21.8 Å². The predicted molar refractivity (Wildman–Crippen MR) is 103 cm³/mol. The number of likely N-dealkylation sites (N-methyl/N-ethyl adjacent to an activating group) is 1. The standard InChI is InChI=1S/C18H28N4O4S/c1-14-6-7-15(27(25,26)19-2)12-16(14)18(24)22-9-5-8-21(10-11-22)13-17(23)20(3)4/h6-7,12,19H,5,8-11,13H2,1-4H3. The SMILES string of the molecule is CNS(=O)(=O)c1ccc(C)c(C(=O)N2CCCN(CC(=O)N(C)C)CC2)c1. The van der Waals surface area contributed by atoms with Gasteiger partial charge in [0, 0.05) is 45.8 Å². The van der Waals surface area contributed by atoms with Crippen LogP contribution in [0.3, 0.4) is 0 Å². The van der Waals surface area contributed by atoms with Crippen molar-refractivity contribution in [3.05, 3.63) is 29.3 Å². The number of hydrogen-bond acceptors (Lipinski definition) is 5. The van der Waals surface area contributed by atoms with E-state index in [0.717, 1.165) is 18.5 Å². The quantitative estimate of drug-likeness (QED) is 0.765. The van der Waals surface area contributed by atoms with E-state index in [0.29, 0.717) is 31.7 Å². The maximum Gasteiger partial charge on any atom is 0.254 e. The fraction of sp³-hybridized carbons (Fsp3) is 0.556. The minimum atomic E-state index is -3.61. The first-order valence-electron chi connectivity index (χ1n) is 8.91. The van der Waals surface area contributed by atoms with Gasteiger partial charge in [-0.2, -0.15) is 0 Å². The van der Waals surface area contributed by atoms with Gasteiger partial charge in [-0.05, 0) is 38.1 Å². The molecule has 9 heteroatoms. The molecular weight excluding hydrogens is 368 g/mol. The van der Waals surface area contributed by atoms with Crippen LogP contribution in [0, 0.1) is 6.92 Å². The summed E-state index contributed by atoms with van der Waals surface area (Å²) in [7, 11) is 1.19. The Bertz CT molecular complexity index is 808. The highest BCUT2D eigenvalue weighted by molar-refractivity contribution is 7.89. The van der Waals surface area contributed by atoms with Crippen LogP contribution in [0.2, 0.25) is 0 Å². The first-order chi connectivity index (χ1) is 12.7. The van der Waals surface area contributed by atoms with E-state index in [1.165, 1.54) is 19.2 Å².